The Morgan fingerprint density at radius 3 is 2.39 bits per heavy atom. The van der Waals surface area contributed by atoms with Crippen LogP contribution in [0.2, 0.25) is 0 Å². The molecule has 0 aromatic heterocycles. The quantitative estimate of drug-likeness (QED) is 0.754. The summed E-state index contributed by atoms with van der Waals surface area (Å²) in [6.07, 6.45) is 1.52. The summed E-state index contributed by atoms with van der Waals surface area (Å²) in [4.78, 5) is 0. The molecule has 0 N–H and O–H groups in total. The van der Waals surface area contributed by atoms with E-state index in [9.17, 15) is 0 Å². The van der Waals surface area contributed by atoms with Crippen molar-refractivity contribution in [3.05, 3.63) is 65.2 Å². The van der Waals surface area contributed by atoms with Crippen LogP contribution in [0.25, 0.3) is 6.08 Å². The van der Waals surface area contributed by atoms with E-state index >= 15 is 0 Å². The van der Waals surface area contributed by atoms with E-state index in [2.05, 4.69) is 0 Å². The summed E-state index contributed by atoms with van der Waals surface area (Å²) in [5.74, 6) is 1.22. The number of allylic oxidation sites excluding steroid dienone is 1. The second-order valence-electron chi connectivity index (χ2n) is 4.70. The maximum atomic E-state index is 8.83. The predicted octanol–water partition coefficient (Wildman–Crippen LogP) is 4.09. The predicted molar refractivity (Wildman–Crippen MR) is 87.6 cm³/mol. The number of ether oxygens (including phenoxy) is 2. The lowest BCUT2D eigenvalue weighted by atomic mass is 10.1. The molecule has 0 unspecified atom stereocenters. The van der Waals surface area contributed by atoms with Gasteiger partial charge in [-0.3, -0.25) is 0 Å². The van der Waals surface area contributed by atoms with Gasteiger partial charge in [-0.2, -0.15) is 10.5 Å². The Morgan fingerprint density at radius 1 is 1.00 bits per heavy atom. The highest BCUT2D eigenvalue weighted by Crippen LogP contribution is 2.30. The maximum absolute atomic E-state index is 8.83. The smallest absolute Gasteiger partial charge is 0.161 e. The molecule has 0 fully saturated rings. The summed E-state index contributed by atoms with van der Waals surface area (Å²) in [6.45, 7) is 2.83. The highest BCUT2D eigenvalue weighted by molar-refractivity contribution is 5.64. The van der Waals surface area contributed by atoms with Crippen LogP contribution in [0.5, 0.6) is 11.5 Å². The van der Waals surface area contributed by atoms with Crippen molar-refractivity contribution in [2.75, 3.05) is 6.61 Å². The van der Waals surface area contributed by atoms with E-state index in [-0.39, 0.29) is 5.57 Å². The molecule has 0 bridgehead atoms. The van der Waals surface area contributed by atoms with Crippen LogP contribution in [0, 0.1) is 22.7 Å². The number of rotatable bonds is 6. The average Bonchev–Trinajstić information content (AvgIpc) is 2.60. The molecule has 2 aromatic rings. The van der Waals surface area contributed by atoms with Crippen molar-refractivity contribution in [1.29, 1.82) is 10.5 Å². The van der Waals surface area contributed by atoms with Gasteiger partial charge >= 0.3 is 0 Å². The lowest BCUT2D eigenvalue weighted by Crippen LogP contribution is -1.99. The van der Waals surface area contributed by atoms with Crippen LogP contribution in [0.1, 0.15) is 18.1 Å². The Balaban J connectivity index is 2.21. The Kier molecular flexibility index (Phi) is 5.80. The van der Waals surface area contributed by atoms with Crippen LogP contribution in [0.3, 0.4) is 0 Å². The fourth-order valence-electron chi connectivity index (χ4n) is 1.99. The molecule has 0 saturated heterocycles. The number of nitriles is 2. The van der Waals surface area contributed by atoms with Gasteiger partial charge < -0.3 is 9.47 Å². The third kappa shape index (κ3) is 4.62. The van der Waals surface area contributed by atoms with Crippen LogP contribution < -0.4 is 9.47 Å². The molecule has 0 amide bonds. The van der Waals surface area contributed by atoms with E-state index in [1.54, 1.807) is 18.2 Å². The zero-order valence-electron chi connectivity index (χ0n) is 12.8. The van der Waals surface area contributed by atoms with Crippen molar-refractivity contribution < 1.29 is 9.47 Å². The van der Waals surface area contributed by atoms with E-state index in [0.717, 1.165) is 11.1 Å². The second-order valence-corrected chi connectivity index (χ2v) is 4.70. The standard InChI is InChI=1S/C19H16N2O2/c1-2-22-19-11-16(10-17(12-20)13-21)8-9-18(19)23-14-15-6-4-3-5-7-15/h3-11H,2,14H2,1H3. The molecule has 0 spiro atoms. The fourth-order valence-corrected chi connectivity index (χ4v) is 1.99. The van der Waals surface area contributed by atoms with E-state index in [0.29, 0.717) is 24.7 Å². The van der Waals surface area contributed by atoms with Crippen molar-refractivity contribution in [2.24, 2.45) is 0 Å². The van der Waals surface area contributed by atoms with Crippen LogP contribution in [-0.4, -0.2) is 6.61 Å². The normalized spacial score (nSPS) is 9.35. The Hall–Kier alpha value is -3.24. The molecular formula is C19H16N2O2. The molecule has 2 rings (SSSR count). The summed E-state index contributed by atoms with van der Waals surface area (Å²) < 4.78 is 11.4. The Labute approximate surface area is 135 Å². The number of hydrogen-bond acceptors (Lipinski definition) is 4. The maximum Gasteiger partial charge on any atom is 0.161 e. The first-order chi connectivity index (χ1) is 11.3. The lowest BCUT2D eigenvalue weighted by molar-refractivity contribution is 0.269. The van der Waals surface area contributed by atoms with Gasteiger partial charge in [0.25, 0.3) is 0 Å². The van der Waals surface area contributed by atoms with Gasteiger partial charge in [0.1, 0.15) is 24.3 Å². The SMILES string of the molecule is CCOc1cc(C=C(C#N)C#N)ccc1OCc1ccccc1. The fraction of sp³-hybridized carbons (Fsp3) is 0.158. The molecule has 4 nitrogen and oxygen atoms in total. The lowest BCUT2D eigenvalue weighted by Gasteiger charge is -2.12. The number of hydrogen-bond donors (Lipinski definition) is 0. The highest BCUT2D eigenvalue weighted by atomic mass is 16.5. The van der Waals surface area contributed by atoms with Crippen LogP contribution in [-0.2, 0) is 6.61 Å². The minimum atomic E-state index is 0.0467. The second kappa shape index (κ2) is 8.26. The molecule has 4 heteroatoms. The van der Waals surface area contributed by atoms with Gasteiger partial charge in [0.15, 0.2) is 11.5 Å². The van der Waals surface area contributed by atoms with Gasteiger partial charge in [-0.15, -0.1) is 0 Å². The van der Waals surface area contributed by atoms with E-state index in [4.69, 9.17) is 20.0 Å². The molecule has 0 heterocycles. The van der Waals surface area contributed by atoms with E-state index in [1.807, 2.05) is 49.4 Å². The molecule has 0 saturated carbocycles. The summed E-state index contributed by atoms with van der Waals surface area (Å²) in [5.41, 5.74) is 1.83. The van der Waals surface area contributed by atoms with E-state index in [1.165, 1.54) is 6.08 Å². The largest absolute Gasteiger partial charge is 0.490 e. The van der Waals surface area contributed by atoms with Crippen molar-refractivity contribution in [3.63, 3.8) is 0 Å². The molecule has 0 aliphatic rings. The van der Waals surface area contributed by atoms with Gasteiger partial charge in [0.05, 0.1) is 6.61 Å². The summed E-state index contributed by atoms with van der Waals surface area (Å²) >= 11 is 0. The van der Waals surface area contributed by atoms with Gasteiger partial charge in [-0.25, -0.2) is 0 Å². The van der Waals surface area contributed by atoms with Crippen LogP contribution >= 0.6 is 0 Å². The van der Waals surface area contributed by atoms with Crippen molar-refractivity contribution >= 4 is 6.08 Å². The van der Waals surface area contributed by atoms with Crippen molar-refractivity contribution in [2.45, 2.75) is 13.5 Å². The monoisotopic (exact) mass is 304 g/mol. The average molecular weight is 304 g/mol. The first-order valence-corrected chi connectivity index (χ1v) is 7.22. The molecule has 0 radical (unpaired) electrons. The van der Waals surface area contributed by atoms with Crippen LogP contribution in [0.4, 0.5) is 0 Å². The van der Waals surface area contributed by atoms with Crippen molar-refractivity contribution in [1.82, 2.24) is 0 Å². The van der Waals surface area contributed by atoms with Gasteiger partial charge in [0, 0.05) is 0 Å². The molecule has 114 valence electrons. The van der Waals surface area contributed by atoms with E-state index < -0.39 is 0 Å². The summed E-state index contributed by atoms with van der Waals surface area (Å²) in [5, 5.41) is 17.7. The Bertz CT molecular complexity index is 752. The zero-order chi connectivity index (χ0) is 16.5. The summed E-state index contributed by atoms with van der Waals surface area (Å²) in [6, 6.07) is 18.9. The van der Waals surface area contributed by atoms with Gasteiger partial charge in [-0.1, -0.05) is 36.4 Å². The molecule has 23 heavy (non-hydrogen) atoms. The molecule has 0 aliphatic heterocycles. The third-order valence-corrected chi connectivity index (χ3v) is 3.06. The zero-order valence-corrected chi connectivity index (χ0v) is 12.8. The van der Waals surface area contributed by atoms with Crippen LogP contribution in [0.15, 0.2) is 54.1 Å². The molecule has 0 aliphatic carbocycles. The first-order valence-electron chi connectivity index (χ1n) is 7.22. The number of nitrogens with zero attached hydrogens (tertiary/aromatic N) is 2. The third-order valence-electron chi connectivity index (χ3n) is 3.06. The number of benzene rings is 2. The molecule has 2 aromatic carbocycles. The first kappa shape index (κ1) is 16.1. The minimum Gasteiger partial charge on any atom is -0.490 e. The molecular weight excluding hydrogens is 288 g/mol. The minimum absolute atomic E-state index is 0.0467. The topological polar surface area (TPSA) is 66.0 Å². The van der Waals surface area contributed by atoms with Gasteiger partial charge in [0.2, 0.25) is 0 Å². The van der Waals surface area contributed by atoms with Crippen molar-refractivity contribution in [3.8, 4) is 23.6 Å². The summed E-state index contributed by atoms with van der Waals surface area (Å²) in [7, 11) is 0. The highest BCUT2D eigenvalue weighted by Gasteiger charge is 2.07. The van der Waals surface area contributed by atoms with Gasteiger partial charge in [-0.05, 0) is 36.3 Å². The molecule has 0 atom stereocenters. The Morgan fingerprint density at radius 2 is 1.74 bits per heavy atom.